The topological polar surface area (TPSA) is 50.2 Å². The normalized spacial score (nSPS) is 10.2. The summed E-state index contributed by atoms with van der Waals surface area (Å²) in [7, 11) is 0. The number of hydrogen-bond donors (Lipinski definition) is 1. The lowest BCUT2D eigenvalue weighted by molar-refractivity contribution is 0.0690. The van der Waals surface area contributed by atoms with Gasteiger partial charge in [-0.2, -0.15) is 0 Å². The van der Waals surface area contributed by atoms with Gasteiger partial charge in [0.1, 0.15) is 0 Å². The van der Waals surface area contributed by atoms with Gasteiger partial charge in [-0.25, -0.2) is 9.78 Å². The molecule has 0 saturated heterocycles. The Kier molecular flexibility index (Phi) is 2.57. The number of nitrogens with zero attached hydrogens (tertiary/aromatic N) is 1. The number of aromatic carboxylic acids is 1. The maximum Gasteiger partial charge on any atom is 0.356 e. The zero-order valence-electron chi connectivity index (χ0n) is 7.68. The van der Waals surface area contributed by atoms with Gasteiger partial charge in [-0.15, -0.1) is 0 Å². The summed E-state index contributed by atoms with van der Waals surface area (Å²) in [5.74, 6) is -1.09. The smallest absolute Gasteiger partial charge is 0.356 e. The van der Waals surface area contributed by atoms with Gasteiger partial charge in [0.15, 0.2) is 5.69 Å². The van der Waals surface area contributed by atoms with Crippen LogP contribution in [0.1, 0.15) is 27.3 Å². The molecular formula is C9H10ClNO2. The van der Waals surface area contributed by atoms with Crippen LogP contribution in [0.15, 0.2) is 0 Å². The number of aryl methyl sites for hydroxylation is 1. The van der Waals surface area contributed by atoms with Crippen LogP contribution >= 0.6 is 11.6 Å². The third-order valence-corrected chi connectivity index (χ3v) is 2.59. The van der Waals surface area contributed by atoms with E-state index < -0.39 is 5.97 Å². The van der Waals surface area contributed by atoms with E-state index in [9.17, 15) is 4.79 Å². The molecule has 0 fully saturated rings. The molecule has 1 heterocycles. The number of hydrogen-bond acceptors (Lipinski definition) is 2. The third-order valence-electron chi connectivity index (χ3n) is 2.12. The molecule has 0 aliphatic carbocycles. The average Bonchev–Trinajstić information content (AvgIpc) is 2.07. The van der Waals surface area contributed by atoms with E-state index >= 15 is 0 Å². The summed E-state index contributed by atoms with van der Waals surface area (Å²) in [5.41, 5.74) is 2.36. The monoisotopic (exact) mass is 199 g/mol. The highest BCUT2D eigenvalue weighted by Gasteiger charge is 2.15. The summed E-state index contributed by atoms with van der Waals surface area (Å²) in [4.78, 5) is 14.6. The SMILES string of the molecule is Cc1nc(C(=O)O)c(Cl)c(C)c1C. The van der Waals surface area contributed by atoms with E-state index in [1.54, 1.807) is 13.8 Å². The minimum Gasteiger partial charge on any atom is -0.476 e. The number of halogens is 1. The molecule has 3 nitrogen and oxygen atoms in total. The summed E-state index contributed by atoms with van der Waals surface area (Å²) < 4.78 is 0. The van der Waals surface area contributed by atoms with E-state index in [1.807, 2.05) is 6.92 Å². The van der Waals surface area contributed by atoms with Crippen LogP contribution in [-0.2, 0) is 0 Å². The highest BCUT2D eigenvalue weighted by Crippen LogP contribution is 2.23. The number of carbonyl (C=O) groups is 1. The fourth-order valence-corrected chi connectivity index (χ4v) is 1.32. The molecule has 1 rings (SSSR count). The van der Waals surface area contributed by atoms with E-state index in [4.69, 9.17) is 16.7 Å². The second kappa shape index (κ2) is 3.34. The lowest BCUT2D eigenvalue weighted by Crippen LogP contribution is -2.06. The van der Waals surface area contributed by atoms with Crippen molar-refractivity contribution in [3.63, 3.8) is 0 Å². The van der Waals surface area contributed by atoms with E-state index in [1.165, 1.54) is 0 Å². The van der Waals surface area contributed by atoms with Crippen molar-refractivity contribution in [2.24, 2.45) is 0 Å². The molecular weight excluding hydrogens is 190 g/mol. The summed E-state index contributed by atoms with van der Waals surface area (Å²) >= 11 is 5.82. The van der Waals surface area contributed by atoms with Gasteiger partial charge in [-0.05, 0) is 31.9 Å². The first-order valence-corrected chi connectivity index (χ1v) is 4.19. The first-order valence-electron chi connectivity index (χ1n) is 3.81. The third kappa shape index (κ3) is 1.65. The molecule has 13 heavy (non-hydrogen) atoms. The van der Waals surface area contributed by atoms with Crippen molar-refractivity contribution >= 4 is 17.6 Å². The Balaban J connectivity index is 3.50. The first-order chi connectivity index (χ1) is 5.95. The van der Waals surface area contributed by atoms with Gasteiger partial charge < -0.3 is 5.11 Å². The van der Waals surface area contributed by atoms with Crippen molar-refractivity contribution in [2.45, 2.75) is 20.8 Å². The van der Waals surface area contributed by atoms with Gasteiger partial charge in [0, 0.05) is 5.69 Å². The van der Waals surface area contributed by atoms with Gasteiger partial charge in [-0.1, -0.05) is 11.6 Å². The van der Waals surface area contributed by atoms with Crippen molar-refractivity contribution in [1.29, 1.82) is 0 Å². The Morgan fingerprint density at radius 1 is 1.31 bits per heavy atom. The molecule has 1 N–H and O–H groups in total. The van der Waals surface area contributed by atoms with Crippen LogP contribution in [0.3, 0.4) is 0 Å². The molecule has 0 spiro atoms. The molecule has 0 amide bonds. The van der Waals surface area contributed by atoms with Crippen molar-refractivity contribution in [1.82, 2.24) is 4.98 Å². The highest BCUT2D eigenvalue weighted by atomic mass is 35.5. The quantitative estimate of drug-likeness (QED) is 0.756. The molecule has 0 bridgehead atoms. The predicted octanol–water partition coefficient (Wildman–Crippen LogP) is 2.36. The number of carboxylic acid groups (broad SMARTS) is 1. The van der Waals surface area contributed by atoms with Crippen LogP contribution in [0.5, 0.6) is 0 Å². The minimum atomic E-state index is -1.09. The average molecular weight is 200 g/mol. The molecule has 70 valence electrons. The van der Waals surface area contributed by atoms with E-state index in [0.29, 0.717) is 5.69 Å². The van der Waals surface area contributed by atoms with Crippen LogP contribution in [0.25, 0.3) is 0 Å². The summed E-state index contributed by atoms with van der Waals surface area (Å²) in [6.07, 6.45) is 0. The molecule has 0 aliphatic heterocycles. The Morgan fingerprint density at radius 2 is 1.85 bits per heavy atom. The molecule has 0 atom stereocenters. The molecule has 1 aromatic heterocycles. The summed E-state index contributed by atoms with van der Waals surface area (Å²) in [5, 5.41) is 8.99. The summed E-state index contributed by atoms with van der Waals surface area (Å²) in [6, 6.07) is 0. The molecule has 0 radical (unpaired) electrons. The van der Waals surface area contributed by atoms with E-state index in [0.717, 1.165) is 11.1 Å². The molecule has 0 aliphatic rings. The molecule has 4 heteroatoms. The number of rotatable bonds is 1. The maximum absolute atomic E-state index is 10.7. The zero-order chi connectivity index (χ0) is 10.2. The fraction of sp³-hybridized carbons (Fsp3) is 0.333. The maximum atomic E-state index is 10.7. The number of aromatic nitrogens is 1. The first kappa shape index (κ1) is 9.99. The van der Waals surface area contributed by atoms with Crippen LogP contribution in [-0.4, -0.2) is 16.1 Å². The van der Waals surface area contributed by atoms with Crippen LogP contribution in [0.2, 0.25) is 5.02 Å². The van der Waals surface area contributed by atoms with Crippen molar-refractivity contribution in [2.75, 3.05) is 0 Å². The fourth-order valence-electron chi connectivity index (χ4n) is 1.06. The standard InChI is InChI=1S/C9H10ClNO2/c1-4-5(2)7(10)8(9(12)13)11-6(4)3/h1-3H3,(H,12,13). The molecule has 0 saturated carbocycles. The summed E-state index contributed by atoms with van der Waals surface area (Å²) in [6.45, 7) is 5.43. The largest absolute Gasteiger partial charge is 0.476 e. The van der Waals surface area contributed by atoms with Gasteiger partial charge in [0.05, 0.1) is 5.02 Å². The Bertz CT molecular complexity index is 374. The van der Waals surface area contributed by atoms with Gasteiger partial charge in [0.25, 0.3) is 0 Å². The predicted molar refractivity (Wildman–Crippen MR) is 50.4 cm³/mol. The zero-order valence-corrected chi connectivity index (χ0v) is 8.44. The second-order valence-corrected chi connectivity index (χ2v) is 3.29. The minimum absolute atomic E-state index is 0.0673. The number of carboxylic acids is 1. The number of pyridine rings is 1. The Hall–Kier alpha value is -1.09. The van der Waals surface area contributed by atoms with Crippen LogP contribution in [0.4, 0.5) is 0 Å². The van der Waals surface area contributed by atoms with Gasteiger partial charge in [0.2, 0.25) is 0 Å². The molecule has 0 aromatic carbocycles. The Morgan fingerprint density at radius 3 is 2.31 bits per heavy atom. The molecule has 0 unspecified atom stereocenters. The molecule has 1 aromatic rings. The highest BCUT2D eigenvalue weighted by molar-refractivity contribution is 6.34. The van der Waals surface area contributed by atoms with Crippen LogP contribution < -0.4 is 0 Å². The second-order valence-electron chi connectivity index (χ2n) is 2.91. The lowest BCUT2D eigenvalue weighted by Gasteiger charge is -2.08. The van der Waals surface area contributed by atoms with E-state index in [2.05, 4.69) is 4.98 Å². The Labute approximate surface area is 81.4 Å². The van der Waals surface area contributed by atoms with Gasteiger partial charge in [-0.3, -0.25) is 0 Å². The van der Waals surface area contributed by atoms with Crippen LogP contribution in [0, 0.1) is 20.8 Å². The van der Waals surface area contributed by atoms with Crippen molar-refractivity contribution in [3.05, 3.63) is 27.5 Å². The van der Waals surface area contributed by atoms with Gasteiger partial charge >= 0.3 is 5.97 Å². The van der Waals surface area contributed by atoms with E-state index in [-0.39, 0.29) is 10.7 Å². The lowest BCUT2D eigenvalue weighted by atomic mass is 10.1. The van der Waals surface area contributed by atoms with Crippen molar-refractivity contribution < 1.29 is 9.90 Å². The van der Waals surface area contributed by atoms with Crippen molar-refractivity contribution in [3.8, 4) is 0 Å².